The van der Waals surface area contributed by atoms with Crippen molar-refractivity contribution in [2.24, 2.45) is 0 Å². The Morgan fingerprint density at radius 1 is 0.774 bits per heavy atom. The van der Waals surface area contributed by atoms with E-state index in [0.29, 0.717) is 11.5 Å². The van der Waals surface area contributed by atoms with E-state index in [0.717, 1.165) is 25.6 Å². The molecule has 3 aromatic rings. The summed E-state index contributed by atoms with van der Waals surface area (Å²) in [4.78, 5) is 23.8. The molecule has 0 radical (unpaired) electrons. The molecule has 160 valence electrons. The van der Waals surface area contributed by atoms with Gasteiger partial charge in [-0.15, -0.1) is 0 Å². The highest BCUT2D eigenvalue weighted by atomic mass is 79.9. The van der Waals surface area contributed by atoms with Gasteiger partial charge in [-0.2, -0.15) is 0 Å². The van der Waals surface area contributed by atoms with Crippen molar-refractivity contribution in [3.05, 3.63) is 81.2 Å². The molecular formula is C23H20Br2N2O4. The summed E-state index contributed by atoms with van der Waals surface area (Å²) in [6.07, 6.45) is 0. The molecule has 0 spiro atoms. The van der Waals surface area contributed by atoms with Crippen molar-refractivity contribution in [3.8, 4) is 22.6 Å². The highest BCUT2D eigenvalue weighted by molar-refractivity contribution is 9.10. The number of nitrogens with one attached hydrogen (secondary N) is 2. The molecule has 0 fully saturated rings. The molecule has 0 saturated carbocycles. The van der Waals surface area contributed by atoms with Gasteiger partial charge in [0.05, 0.1) is 4.47 Å². The van der Waals surface area contributed by atoms with E-state index in [2.05, 4.69) is 42.7 Å². The second-order valence-corrected chi connectivity index (χ2v) is 8.30. The van der Waals surface area contributed by atoms with Crippen molar-refractivity contribution < 1.29 is 19.1 Å². The van der Waals surface area contributed by atoms with Crippen LogP contribution in [0.25, 0.3) is 11.1 Å². The fourth-order valence-electron chi connectivity index (χ4n) is 2.64. The zero-order valence-electron chi connectivity index (χ0n) is 16.7. The maximum atomic E-state index is 12.0. The Balaban J connectivity index is 1.42. The number of benzene rings is 3. The number of halogens is 2. The minimum Gasteiger partial charge on any atom is -0.484 e. The number of aryl methyl sites for hydroxylation is 1. The maximum absolute atomic E-state index is 12.0. The average molecular weight is 548 g/mol. The molecule has 0 aliphatic rings. The zero-order chi connectivity index (χ0) is 22.2. The number of hydrogen-bond donors (Lipinski definition) is 2. The molecule has 2 amide bonds. The first-order chi connectivity index (χ1) is 14.9. The van der Waals surface area contributed by atoms with Crippen LogP contribution in [0.5, 0.6) is 11.5 Å². The van der Waals surface area contributed by atoms with Gasteiger partial charge in [0.1, 0.15) is 11.5 Å². The van der Waals surface area contributed by atoms with Gasteiger partial charge in [-0.1, -0.05) is 52.3 Å². The van der Waals surface area contributed by atoms with Gasteiger partial charge in [-0.05, 0) is 69.9 Å². The number of hydrazine groups is 1. The quantitative estimate of drug-likeness (QED) is 0.417. The number of amides is 2. The summed E-state index contributed by atoms with van der Waals surface area (Å²) in [5.74, 6) is 0.110. The molecule has 0 saturated heterocycles. The molecule has 2 N–H and O–H groups in total. The van der Waals surface area contributed by atoms with Gasteiger partial charge in [-0.3, -0.25) is 20.4 Å². The summed E-state index contributed by atoms with van der Waals surface area (Å²) in [7, 11) is 0. The number of carbonyl (C=O) groups is 2. The largest absolute Gasteiger partial charge is 0.484 e. The lowest BCUT2D eigenvalue weighted by atomic mass is 10.1. The molecule has 31 heavy (non-hydrogen) atoms. The Bertz CT molecular complexity index is 1070. The lowest BCUT2D eigenvalue weighted by molar-refractivity contribution is -0.131. The molecule has 3 rings (SSSR count). The molecule has 0 aliphatic heterocycles. The standard InChI is InChI=1S/C23H20Br2N2O4/c1-15-11-18(8-9-19(15)24)30-13-22(28)26-27-23(29)14-31-21-10-7-17(12-20(21)25)16-5-3-2-4-6-16/h2-12H,13-14H2,1H3,(H,26,28)(H,27,29). The Hall–Kier alpha value is -2.84. The van der Waals surface area contributed by atoms with Gasteiger partial charge >= 0.3 is 0 Å². The molecule has 0 atom stereocenters. The van der Waals surface area contributed by atoms with Crippen LogP contribution < -0.4 is 20.3 Å². The van der Waals surface area contributed by atoms with Gasteiger partial charge in [0.15, 0.2) is 13.2 Å². The fraction of sp³-hybridized carbons (Fsp3) is 0.130. The predicted octanol–water partition coefficient (Wildman–Crippen LogP) is 4.79. The molecule has 0 heterocycles. The highest BCUT2D eigenvalue weighted by Crippen LogP contribution is 2.30. The normalized spacial score (nSPS) is 10.3. The number of rotatable bonds is 7. The second-order valence-electron chi connectivity index (χ2n) is 6.60. The summed E-state index contributed by atoms with van der Waals surface area (Å²) in [5.41, 5.74) is 7.69. The highest BCUT2D eigenvalue weighted by Gasteiger charge is 2.09. The Labute approximate surface area is 197 Å². The zero-order valence-corrected chi connectivity index (χ0v) is 19.8. The van der Waals surface area contributed by atoms with E-state index in [-0.39, 0.29) is 13.2 Å². The summed E-state index contributed by atoms with van der Waals surface area (Å²) < 4.78 is 12.6. The van der Waals surface area contributed by atoms with Gasteiger partial charge in [0.2, 0.25) is 0 Å². The summed E-state index contributed by atoms with van der Waals surface area (Å²) in [6.45, 7) is 1.44. The van der Waals surface area contributed by atoms with Gasteiger partial charge in [-0.25, -0.2) is 0 Å². The molecule has 0 bridgehead atoms. The Morgan fingerprint density at radius 3 is 2.10 bits per heavy atom. The molecule has 6 nitrogen and oxygen atoms in total. The number of hydrogen-bond acceptors (Lipinski definition) is 4. The van der Waals surface area contributed by atoms with Crippen molar-refractivity contribution in [2.75, 3.05) is 13.2 Å². The van der Waals surface area contributed by atoms with E-state index >= 15 is 0 Å². The van der Waals surface area contributed by atoms with Crippen LogP contribution in [0, 0.1) is 6.92 Å². The fourth-order valence-corrected chi connectivity index (χ4v) is 3.38. The van der Waals surface area contributed by atoms with Crippen molar-refractivity contribution in [3.63, 3.8) is 0 Å². The van der Waals surface area contributed by atoms with Crippen molar-refractivity contribution in [1.82, 2.24) is 10.9 Å². The third kappa shape index (κ3) is 6.83. The lowest BCUT2D eigenvalue weighted by Gasteiger charge is -2.11. The van der Waals surface area contributed by atoms with Crippen LogP contribution in [0.3, 0.4) is 0 Å². The monoisotopic (exact) mass is 546 g/mol. The molecule has 0 aromatic heterocycles. The van der Waals surface area contributed by atoms with E-state index in [4.69, 9.17) is 9.47 Å². The predicted molar refractivity (Wildman–Crippen MR) is 126 cm³/mol. The van der Waals surface area contributed by atoms with E-state index in [1.54, 1.807) is 12.1 Å². The molecule has 0 unspecified atom stereocenters. The summed E-state index contributed by atoms with van der Waals surface area (Å²) in [6, 6.07) is 20.9. The van der Waals surface area contributed by atoms with Gasteiger partial charge < -0.3 is 9.47 Å². The SMILES string of the molecule is Cc1cc(OCC(=O)NNC(=O)COc2ccc(-c3ccccc3)cc2Br)ccc1Br. The van der Waals surface area contributed by atoms with Gasteiger partial charge in [0.25, 0.3) is 11.8 Å². The molecule has 8 heteroatoms. The third-order valence-electron chi connectivity index (χ3n) is 4.24. The smallest absolute Gasteiger partial charge is 0.276 e. The minimum atomic E-state index is -0.494. The van der Waals surface area contributed by atoms with Crippen molar-refractivity contribution in [1.29, 1.82) is 0 Å². The summed E-state index contributed by atoms with van der Waals surface area (Å²) >= 11 is 6.87. The Kier molecular flexibility index (Phi) is 8.08. The minimum absolute atomic E-state index is 0.227. The first-order valence-corrected chi connectivity index (χ1v) is 11.0. The average Bonchev–Trinajstić information content (AvgIpc) is 2.78. The maximum Gasteiger partial charge on any atom is 0.276 e. The van der Waals surface area contributed by atoms with Crippen LogP contribution in [0.1, 0.15) is 5.56 Å². The van der Waals surface area contributed by atoms with Crippen LogP contribution in [0.15, 0.2) is 75.7 Å². The third-order valence-corrected chi connectivity index (χ3v) is 5.75. The first-order valence-electron chi connectivity index (χ1n) is 9.37. The molecule has 3 aromatic carbocycles. The van der Waals surface area contributed by atoms with Crippen LogP contribution in [0.4, 0.5) is 0 Å². The number of ether oxygens (including phenoxy) is 2. The summed E-state index contributed by atoms with van der Waals surface area (Å²) in [5, 5.41) is 0. The van der Waals surface area contributed by atoms with Crippen molar-refractivity contribution in [2.45, 2.75) is 6.92 Å². The van der Waals surface area contributed by atoms with E-state index in [9.17, 15) is 9.59 Å². The lowest BCUT2D eigenvalue weighted by Crippen LogP contribution is -2.45. The van der Waals surface area contributed by atoms with Crippen LogP contribution in [0.2, 0.25) is 0 Å². The van der Waals surface area contributed by atoms with Crippen LogP contribution in [-0.2, 0) is 9.59 Å². The van der Waals surface area contributed by atoms with Gasteiger partial charge in [0, 0.05) is 4.47 Å². The number of carbonyl (C=O) groups excluding carboxylic acids is 2. The van der Waals surface area contributed by atoms with Crippen LogP contribution >= 0.6 is 31.9 Å². The van der Waals surface area contributed by atoms with Crippen LogP contribution in [-0.4, -0.2) is 25.0 Å². The van der Waals surface area contributed by atoms with Crippen molar-refractivity contribution >= 4 is 43.7 Å². The topological polar surface area (TPSA) is 76.7 Å². The van der Waals surface area contributed by atoms with E-state index in [1.807, 2.05) is 61.5 Å². The Morgan fingerprint density at radius 2 is 1.45 bits per heavy atom. The van der Waals surface area contributed by atoms with E-state index in [1.165, 1.54) is 0 Å². The first kappa shape index (κ1) is 22.8. The van der Waals surface area contributed by atoms with E-state index < -0.39 is 11.8 Å². The molecule has 0 aliphatic carbocycles. The molecular weight excluding hydrogens is 528 g/mol. The second kappa shape index (κ2) is 11.0.